The van der Waals surface area contributed by atoms with Crippen LogP contribution in [0.4, 0.5) is 4.39 Å². The van der Waals surface area contributed by atoms with Gasteiger partial charge in [0.05, 0.1) is 12.7 Å². The van der Waals surface area contributed by atoms with Gasteiger partial charge >= 0.3 is 0 Å². The summed E-state index contributed by atoms with van der Waals surface area (Å²) in [4.78, 5) is 12.2. The molecular weight excluding hydrogens is 243 g/mol. The number of carbonyl (C=O) groups excluding carboxylic acids is 1. The van der Waals surface area contributed by atoms with Crippen LogP contribution in [0.3, 0.4) is 0 Å². The highest BCUT2D eigenvalue weighted by atomic mass is 19.1. The van der Waals surface area contributed by atoms with Gasteiger partial charge in [-0.3, -0.25) is 4.79 Å². The van der Waals surface area contributed by atoms with E-state index in [-0.39, 0.29) is 17.1 Å². The molecular formula is C16H15FO2. The summed E-state index contributed by atoms with van der Waals surface area (Å²) in [5.74, 6) is -0.871. The average Bonchev–Trinajstić information content (AvgIpc) is 2.47. The molecule has 0 aliphatic carbocycles. The summed E-state index contributed by atoms with van der Waals surface area (Å²) in [6.07, 6.45) is 0.905. The van der Waals surface area contributed by atoms with Crippen molar-refractivity contribution < 1.29 is 13.9 Å². The maximum absolute atomic E-state index is 14.0. The lowest BCUT2D eigenvalue weighted by molar-refractivity contribution is 0.103. The van der Waals surface area contributed by atoms with Crippen LogP contribution in [0.2, 0.25) is 0 Å². The number of aryl methyl sites for hydroxylation is 1. The van der Waals surface area contributed by atoms with E-state index in [1.807, 2.05) is 19.1 Å². The summed E-state index contributed by atoms with van der Waals surface area (Å²) in [7, 11) is 1.38. The molecule has 2 rings (SSSR count). The number of carbonyl (C=O) groups is 1. The van der Waals surface area contributed by atoms with Gasteiger partial charge in [-0.15, -0.1) is 0 Å². The molecule has 0 heterocycles. The molecule has 0 atom stereocenters. The molecule has 0 unspecified atom stereocenters. The highest BCUT2D eigenvalue weighted by molar-refractivity contribution is 6.09. The van der Waals surface area contributed by atoms with Gasteiger partial charge in [0.15, 0.2) is 17.3 Å². The van der Waals surface area contributed by atoms with Gasteiger partial charge < -0.3 is 4.74 Å². The first-order valence-electron chi connectivity index (χ1n) is 6.13. The van der Waals surface area contributed by atoms with Crippen molar-refractivity contribution in [3.63, 3.8) is 0 Å². The Morgan fingerprint density at radius 2 is 1.84 bits per heavy atom. The first kappa shape index (κ1) is 13.3. The van der Waals surface area contributed by atoms with Crippen LogP contribution in [0.25, 0.3) is 0 Å². The standard InChI is InChI=1S/C16H15FO2/c1-3-11-7-9-12(10-8-11)16(18)13-5-4-6-14(19-2)15(13)17/h4-10H,3H2,1-2H3. The maximum atomic E-state index is 14.0. The number of hydrogen-bond acceptors (Lipinski definition) is 2. The smallest absolute Gasteiger partial charge is 0.196 e. The Morgan fingerprint density at radius 1 is 1.16 bits per heavy atom. The quantitative estimate of drug-likeness (QED) is 0.783. The number of benzene rings is 2. The molecule has 2 nitrogen and oxygen atoms in total. The molecule has 0 saturated carbocycles. The zero-order valence-electron chi connectivity index (χ0n) is 10.9. The van der Waals surface area contributed by atoms with Crippen molar-refractivity contribution in [1.82, 2.24) is 0 Å². The van der Waals surface area contributed by atoms with Crippen LogP contribution in [0.5, 0.6) is 5.75 Å². The van der Waals surface area contributed by atoms with E-state index in [9.17, 15) is 9.18 Å². The van der Waals surface area contributed by atoms with Crippen molar-refractivity contribution in [3.8, 4) is 5.75 Å². The first-order chi connectivity index (χ1) is 9.17. The number of ether oxygens (including phenoxy) is 1. The summed E-state index contributed by atoms with van der Waals surface area (Å²) < 4.78 is 18.9. The molecule has 2 aromatic rings. The van der Waals surface area contributed by atoms with Crippen LogP contribution in [-0.2, 0) is 6.42 Å². The largest absolute Gasteiger partial charge is 0.494 e. The summed E-state index contributed by atoms with van der Waals surface area (Å²) in [6, 6.07) is 11.8. The predicted molar refractivity (Wildman–Crippen MR) is 72.2 cm³/mol. The highest BCUT2D eigenvalue weighted by Crippen LogP contribution is 2.22. The van der Waals surface area contributed by atoms with Crippen molar-refractivity contribution >= 4 is 5.78 Å². The van der Waals surface area contributed by atoms with Crippen LogP contribution >= 0.6 is 0 Å². The minimum absolute atomic E-state index is 0.0311. The Morgan fingerprint density at radius 3 is 2.42 bits per heavy atom. The molecule has 0 aliphatic rings. The Labute approximate surface area is 111 Å². The molecule has 0 fully saturated rings. The molecule has 0 radical (unpaired) electrons. The molecule has 19 heavy (non-hydrogen) atoms. The van der Waals surface area contributed by atoms with Crippen LogP contribution in [0, 0.1) is 5.82 Å². The zero-order chi connectivity index (χ0) is 13.8. The lowest BCUT2D eigenvalue weighted by Gasteiger charge is -2.07. The molecule has 0 bridgehead atoms. The van der Waals surface area contributed by atoms with Crippen LogP contribution < -0.4 is 4.74 Å². The fourth-order valence-electron chi connectivity index (χ4n) is 1.89. The van der Waals surface area contributed by atoms with Crippen molar-refractivity contribution in [1.29, 1.82) is 0 Å². The van der Waals surface area contributed by atoms with Gasteiger partial charge in [-0.05, 0) is 24.1 Å². The van der Waals surface area contributed by atoms with E-state index in [0.717, 1.165) is 12.0 Å². The molecule has 98 valence electrons. The van der Waals surface area contributed by atoms with Crippen molar-refractivity contribution in [2.75, 3.05) is 7.11 Å². The number of hydrogen-bond donors (Lipinski definition) is 0. The highest BCUT2D eigenvalue weighted by Gasteiger charge is 2.16. The van der Waals surface area contributed by atoms with Crippen molar-refractivity contribution in [3.05, 3.63) is 65.0 Å². The third-order valence-electron chi connectivity index (χ3n) is 3.05. The SMILES string of the molecule is CCc1ccc(C(=O)c2cccc(OC)c2F)cc1. The molecule has 0 spiro atoms. The minimum atomic E-state index is -0.616. The van der Waals surface area contributed by atoms with Crippen molar-refractivity contribution in [2.24, 2.45) is 0 Å². The molecule has 0 saturated heterocycles. The van der Waals surface area contributed by atoms with Gasteiger partial charge in [0.25, 0.3) is 0 Å². The van der Waals surface area contributed by atoms with Crippen LogP contribution in [0.15, 0.2) is 42.5 Å². The lowest BCUT2D eigenvalue weighted by atomic mass is 10.0. The number of rotatable bonds is 4. The fraction of sp³-hybridized carbons (Fsp3) is 0.188. The van der Waals surface area contributed by atoms with E-state index in [4.69, 9.17) is 4.74 Å². The fourth-order valence-corrected chi connectivity index (χ4v) is 1.89. The second kappa shape index (κ2) is 5.65. The summed E-state index contributed by atoms with van der Waals surface area (Å²) in [5.41, 5.74) is 1.65. The van der Waals surface area contributed by atoms with Crippen LogP contribution in [0.1, 0.15) is 28.4 Å². The Hall–Kier alpha value is -2.16. The molecule has 0 aromatic heterocycles. The first-order valence-corrected chi connectivity index (χ1v) is 6.13. The van der Waals surface area contributed by atoms with Gasteiger partial charge in [0, 0.05) is 5.56 Å². The molecule has 3 heteroatoms. The Bertz CT molecular complexity index is 588. The Balaban J connectivity index is 2.38. The summed E-state index contributed by atoms with van der Waals surface area (Å²) >= 11 is 0. The van der Waals surface area contributed by atoms with E-state index < -0.39 is 5.82 Å². The second-order valence-corrected chi connectivity index (χ2v) is 4.20. The summed E-state index contributed by atoms with van der Waals surface area (Å²) in [5, 5.41) is 0. The molecule has 0 N–H and O–H groups in total. The number of halogens is 1. The van der Waals surface area contributed by atoms with Crippen LogP contribution in [-0.4, -0.2) is 12.9 Å². The average molecular weight is 258 g/mol. The van der Waals surface area contributed by atoms with Gasteiger partial charge in [-0.2, -0.15) is 0 Å². The van der Waals surface area contributed by atoms with E-state index in [2.05, 4.69) is 0 Å². The molecule has 0 aliphatic heterocycles. The van der Waals surface area contributed by atoms with E-state index in [1.165, 1.54) is 19.2 Å². The van der Waals surface area contributed by atoms with Gasteiger partial charge in [0.2, 0.25) is 0 Å². The van der Waals surface area contributed by atoms with Gasteiger partial charge in [0.1, 0.15) is 0 Å². The second-order valence-electron chi connectivity index (χ2n) is 4.20. The lowest BCUT2D eigenvalue weighted by Crippen LogP contribution is -2.05. The topological polar surface area (TPSA) is 26.3 Å². The normalized spacial score (nSPS) is 10.3. The summed E-state index contributed by atoms with van der Waals surface area (Å²) in [6.45, 7) is 2.04. The maximum Gasteiger partial charge on any atom is 0.196 e. The zero-order valence-corrected chi connectivity index (χ0v) is 10.9. The van der Waals surface area contributed by atoms with E-state index in [0.29, 0.717) is 5.56 Å². The van der Waals surface area contributed by atoms with E-state index in [1.54, 1.807) is 18.2 Å². The Kier molecular flexibility index (Phi) is 3.95. The van der Waals surface area contributed by atoms with Gasteiger partial charge in [-0.1, -0.05) is 37.3 Å². The van der Waals surface area contributed by atoms with Crippen molar-refractivity contribution in [2.45, 2.75) is 13.3 Å². The molecule has 2 aromatic carbocycles. The minimum Gasteiger partial charge on any atom is -0.494 e. The third kappa shape index (κ3) is 2.65. The predicted octanol–water partition coefficient (Wildman–Crippen LogP) is 3.63. The van der Waals surface area contributed by atoms with E-state index >= 15 is 0 Å². The van der Waals surface area contributed by atoms with Gasteiger partial charge in [-0.25, -0.2) is 4.39 Å². The monoisotopic (exact) mass is 258 g/mol. The third-order valence-corrected chi connectivity index (χ3v) is 3.05. The molecule has 0 amide bonds. The number of ketones is 1. The number of methoxy groups -OCH3 is 1.